The Morgan fingerprint density at radius 2 is 1.96 bits per heavy atom. The van der Waals surface area contributed by atoms with Crippen molar-refractivity contribution in [3.63, 3.8) is 0 Å². The normalized spacial score (nSPS) is 15.9. The molecule has 28 heavy (non-hydrogen) atoms. The second kappa shape index (κ2) is 7.01. The van der Waals surface area contributed by atoms with Gasteiger partial charge < -0.3 is 24.3 Å². The molecule has 1 aliphatic heterocycles. The monoisotopic (exact) mass is 381 g/mol. The molecule has 0 aliphatic carbocycles. The fourth-order valence-electron chi connectivity index (χ4n) is 3.65. The number of fused-ring (bicyclic) bond motifs is 2. The predicted molar refractivity (Wildman–Crippen MR) is 102 cm³/mol. The SMILES string of the molecule is COc1cc([C@H]2c3c(oc4ccccc4c3=O)C(=O)N2CCCO)ccc1O. The summed E-state index contributed by atoms with van der Waals surface area (Å²) in [5.41, 5.74) is 0.955. The summed E-state index contributed by atoms with van der Waals surface area (Å²) in [4.78, 5) is 27.8. The summed E-state index contributed by atoms with van der Waals surface area (Å²) >= 11 is 0. The molecule has 0 unspecified atom stereocenters. The number of ether oxygens (including phenoxy) is 1. The summed E-state index contributed by atoms with van der Waals surface area (Å²) in [5.74, 6) is -0.184. The van der Waals surface area contributed by atoms with Gasteiger partial charge in [0.05, 0.1) is 24.1 Å². The minimum absolute atomic E-state index is 0.0127. The van der Waals surface area contributed by atoms with E-state index in [9.17, 15) is 19.8 Å². The van der Waals surface area contributed by atoms with Gasteiger partial charge in [-0.2, -0.15) is 0 Å². The first-order valence-corrected chi connectivity index (χ1v) is 8.91. The summed E-state index contributed by atoms with van der Waals surface area (Å²) in [6.45, 7) is 0.165. The highest BCUT2D eigenvalue weighted by molar-refractivity contribution is 5.99. The Morgan fingerprint density at radius 3 is 2.71 bits per heavy atom. The fraction of sp³-hybridized carbons (Fsp3) is 0.238. The number of methoxy groups -OCH3 is 1. The number of hydrogen-bond acceptors (Lipinski definition) is 6. The number of rotatable bonds is 5. The summed E-state index contributed by atoms with van der Waals surface area (Å²) in [6.07, 6.45) is 0.360. The van der Waals surface area contributed by atoms with Crippen LogP contribution in [-0.4, -0.2) is 41.3 Å². The smallest absolute Gasteiger partial charge is 0.290 e. The minimum Gasteiger partial charge on any atom is -0.504 e. The maximum absolute atomic E-state index is 13.2. The van der Waals surface area contributed by atoms with E-state index in [0.717, 1.165) is 0 Å². The van der Waals surface area contributed by atoms with Crippen LogP contribution in [0.25, 0.3) is 11.0 Å². The molecule has 2 heterocycles. The Morgan fingerprint density at radius 1 is 1.18 bits per heavy atom. The fourth-order valence-corrected chi connectivity index (χ4v) is 3.65. The van der Waals surface area contributed by atoms with Crippen molar-refractivity contribution in [2.24, 2.45) is 0 Å². The zero-order valence-corrected chi connectivity index (χ0v) is 15.2. The summed E-state index contributed by atoms with van der Waals surface area (Å²) in [6, 6.07) is 10.8. The van der Waals surface area contributed by atoms with Crippen molar-refractivity contribution in [3.05, 3.63) is 69.6 Å². The van der Waals surface area contributed by atoms with E-state index in [2.05, 4.69) is 0 Å². The van der Waals surface area contributed by atoms with E-state index >= 15 is 0 Å². The number of aromatic hydroxyl groups is 1. The van der Waals surface area contributed by atoms with Crippen LogP contribution in [0.3, 0.4) is 0 Å². The molecule has 0 fully saturated rings. The zero-order chi connectivity index (χ0) is 19.8. The molecule has 0 radical (unpaired) electrons. The third-order valence-electron chi connectivity index (χ3n) is 4.95. The topological polar surface area (TPSA) is 100 Å². The van der Waals surface area contributed by atoms with E-state index in [4.69, 9.17) is 9.15 Å². The third-order valence-corrected chi connectivity index (χ3v) is 4.95. The van der Waals surface area contributed by atoms with Gasteiger partial charge >= 0.3 is 0 Å². The summed E-state index contributed by atoms with van der Waals surface area (Å²) in [7, 11) is 1.43. The summed E-state index contributed by atoms with van der Waals surface area (Å²) in [5, 5.41) is 19.5. The van der Waals surface area contributed by atoms with E-state index < -0.39 is 11.9 Å². The van der Waals surface area contributed by atoms with Crippen molar-refractivity contribution in [2.75, 3.05) is 20.3 Å². The van der Waals surface area contributed by atoms with Crippen molar-refractivity contribution >= 4 is 16.9 Å². The molecule has 4 rings (SSSR count). The molecule has 2 N–H and O–H groups in total. The molecule has 0 spiro atoms. The molecule has 1 aliphatic rings. The first-order valence-electron chi connectivity index (χ1n) is 8.91. The molecule has 144 valence electrons. The first kappa shape index (κ1) is 18.1. The number of hydrogen-bond donors (Lipinski definition) is 2. The lowest BCUT2D eigenvalue weighted by atomic mass is 9.98. The first-order chi connectivity index (χ1) is 13.6. The zero-order valence-electron chi connectivity index (χ0n) is 15.2. The number of phenols is 1. The Labute approximate surface area is 160 Å². The quantitative estimate of drug-likeness (QED) is 0.704. The number of carbonyl (C=O) groups excluding carboxylic acids is 1. The highest BCUT2D eigenvalue weighted by Crippen LogP contribution is 2.40. The van der Waals surface area contributed by atoms with Crippen LogP contribution in [0.2, 0.25) is 0 Å². The largest absolute Gasteiger partial charge is 0.504 e. The molecular formula is C21H19NO6. The highest BCUT2D eigenvalue weighted by Gasteiger charge is 2.42. The van der Waals surface area contributed by atoms with Crippen LogP contribution in [0.1, 0.15) is 34.1 Å². The van der Waals surface area contributed by atoms with Crippen molar-refractivity contribution in [1.29, 1.82) is 0 Å². The molecule has 0 saturated carbocycles. The van der Waals surface area contributed by atoms with Gasteiger partial charge in [-0.25, -0.2) is 0 Å². The second-order valence-corrected chi connectivity index (χ2v) is 6.58. The number of para-hydroxylation sites is 1. The predicted octanol–water partition coefficient (Wildman–Crippen LogP) is 2.43. The Hall–Kier alpha value is -3.32. The number of amides is 1. The van der Waals surface area contributed by atoms with Gasteiger partial charge in [-0.05, 0) is 36.2 Å². The van der Waals surface area contributed by atoms with Crippen molar-refractivity contribution < 1.29 is 24.2 Å². The van der Waals surface area contributed by atoms with Gasteiger partial charge in [-0.15, -0.1) is 0 Å². The van der Waals surface area contributed by atoms with Crippen LogP contribution >= 0.6 is 0 Å². The van der Waals surface area contributed by atoms with E-state index in [1.165, 1.54) is 18.1 Å². The van der Waals surface area contributed by atoms with Crippen molar-refractivity contribution in [3.8, 4) is 11.5 Å². The Kier molecular flexibility index (Phi) is 4.52. The standard InChI is InChI=1S/C21H19NO6/c1-27-16-11-12(7-8-14(16)24)18-17-19(25)13-5-2-3-6-15(13)28-20(17)21(26)22(18)9-4-10-23/h2-3,5-8,11,18,23-24H,4,9-10H2,1H3/t18-/m0/s1. The molecule has 1 amide bonds. The molecule has 2 aromatic carbocycles. The second-order valence-electron chi connectivity index (χ2n) is 6.58. The van der Waals surface area contributed by atoms with E-state index in [-0.39, 0.29) is 41.4 Å². The number of benzene rings is 2. The molecular weight excluding hydrogens is 362 g/mol. The van der Waals surface area contributed by atoms with Crippen LogP contribution in [0, 0.1) is 0 Å². The van der Waals surface area contributed by atoms with E-state index in [1.54, 1.807) is 36.4 Å². The van der Waals surface area contributed by atoms with Crippen molar-refractivity contribution in [1.82, 2.24) is 4.90 Å². The van der Waals surface area contributed by atoms with Gasteiger partial charge in [0.1, 0.15) is 5.58 Å². The molecule has 1 atom stereocenters. The molecule has 7 nitrogen and oxygen atoms in total. The van der Waals surface area contributed by atoms with Gasteiger partial charge in [0, 0.05) is 13.2 Å². The summed E-state index contributed by atoms with van der Waals surface area (Å²) < 4.78 is 11.0. The maximum atomic E-state index is 13.2. The van der Waals surface area contributed by atoms with Crippen LogP contribution in [0.4, 0.5) is 0 Å². The number of nitrogens with zero attached hydrogens (tertiary/aromatic N) is 1. The highest BCUT2D eigenvalue weighted by atomic mass is 16.5. The molecule has 0 saturated heterocycles. The van der Waals surface area contributed by atoms with Gasteiger partial charge in [0.2, 0.25) is 5.76 Å². The Bertz CT molecular complexity index is 1120. The van der Waals surface area contributed by atoms with Gasteiger partial charge in [0.15, 0.2) is 16.9 Å². The molecule has 1 aromatic heterocycles. The maximum Gasteiger partial charge on any atom is 0.290 e. The van der Waals surface area contributed by atoms with Gasteiger partial charge in [-0.3, -0.25) is 9.59 Å². The number of carbonyl (C=O) groups is 1. The lowest BCUT2D eigenvalue weighted by molar-refractivity contribution is 0.0716. The number of aliphatic hydroxyl groups is 1. The third kappa shape index (κ3) is 2.71. The average molecular weight is 381 g/mol. The van der Waals surface area contributed by atoms with Crippen LogP contribution in [-0.2, 0) is 0 Å². The lowest BCUT2D eigenvalue weighted by Crippen LogP contribution is -2.31. The van der Waals surface area contributed by atoms with Crippen molar-refractivity contribution in [2.45, 2.75) is 12.5 Å². The van der Waals surface area contributed by atoms with Crippen LogP contribution in [0.5, 0.6) is 11.5 Å². The molecule has 3 aromatic rings. The Balaban J connectivity index is 1.96. The van der Waals surface area contributed by atoms with Gasteiger partial charge in [-0.1, -0.05) is 18.2 Å². The minimum atomic E-state index is -0.690. The average Bonchev–Trinajstić information content (AvgIpc) is 2.99. The lowest BCUT2D eigenvalue weighted by Gasteiger charge is -2.25. The van der Waals surface area contributed by atoms with Gasteiger partial charge in [0.25, 0.3) is 5.91 Å². The van der Waals surface area contributed by atoms with Crippen LogP contribution in [0.15, 0.2) is 51.7 Å². The number of aliphatic hydroxyl groups excluding tert-OH is 1. The molecule has 7 heteroatoms. The molecule has 0 bridgehead atoms. The number of phenolic OH excluding ortho intramolecular Hbond substituents is 1. The van der Waals surface area contributed by atoms with E-state index in [1.807, 2.05) is 0 Å². The van der Waals surface area contributed by atoms with E-state index in [0.29, 0.717) is 23.0 Å². The van der Waals surface area contributed by atoms with Crippen LogP contribution < -0.4 is 10.2 Å².